The minimum absolute atomic E-state index is 0.0313. The lowest BCUT2D eigenvalue weighted by Crippen LogP contribution is -2.21. The van der Waals surface area contributed by atoms with E-state index in [2.05, 4.69) is 10.6 Å². The second-order valence-electron chi connectivity index (χ2n) is 5.01. The van der Waals surface area contributed by atoms with Gasteiger partial charge in [0.15, 0.2) is 0 Å². The van der Waals surface area contributed by atoms with Gasteiger partial charge in [0.05, 0.1) is 12.8 Å². The molecule has 4 heteroatoms. The number of rotatable bonds is 5. The predicted octanol–water partition coefficient (Wildman–Crippen LogP) is 1.93. The van der Waals surface area contributed by atoms with Crippen LogP contribution in [0.4, 0.5) is 0 Å². The van der Waals surface area contributed by atoms with Gasteiger partial charge in [-0.2, -0.15) is 0 Å². The highest BCUT2D eigenvalue weighted by atomic mass is 16.2. The van der Waals surface area contributed by atoms with Gasteiger partial charge in [-0.25, -0.2) is 0 Å². The lowest BCUT2D eigenvalue weighted by molar-refractivity contribution is -0.120. The summed E-state index contributed by atoms with van der Waals surface area (Å²) in [4.78, 5) is 23.4. The zero-order chi connectivity index (χ0) is 15.9. The molecule has 0 radical (unpaired) electrons. The first-order chi connectivity index (χ1) is 10.7. The summed E-state index contributed by atoms with van der Waals surface area (Å²) in [6.07, 6.45) is 0.641. The molecular weight excluding hydrogens is 276 g/mol. The Kier molecular flexibility index (Phi) is 5.31. The number of carbonyl (C=O) groups is 2. The Morgan fingerprint density at radius 3 is 1.45 bits per heavy atom. The minimum Gasteiger partial charge on any atom is -0.359 e. The van der Waals surface area contributed by atoms with Crippen molar-refractivity contribution in [3.63, 3.8) is 0 Å². The first-order valence-electron chi connectivity index (χ1n) is 7.23. The molecule has 0 unspecified atom stereocenters. The van der Waals surface area contributed by atoms with Crippen LogP contribution in [0.2, 0.25) is 0 Å². The van der Waals surface area contributed by atoms with E-state index in [1.54, 1.807) is 14.1 Å². The van der Waals surface area contributed by atoms with Crippen LogP contribution in [0.15, 0.2) is 48.5 Å². The molecule has 2 rings (SSSR count). The molecular formula is C18H20N2O2. The molecule has 2 N–H and O–H groups in total. The minimum atomic E-state index is -0.0313. The average molecular weight is 296 g/mol. The topological polar surface area (TPSA) is 58.2 Å². The van der Waals surface area contributed by atoms with E-state index in [-0.39, 0.29) is 11.8 Å². The quantitative estimate of drug-likeness (QED) is 0.886. The molecule has 2 amide bonds. The van der Waals surface area contributed by atoms with Crippen molar-refractivity contribution in [2.75, 3.05) is 14.1 Å². The number of nitrogens with one attached hydrogen (secondary N) is 2. The highest BCUT2D eigenvalue weighted by molar-refractivity contribution is 5.85. The van der Waals surface area contributed by atoms with Crippen LogP contribution in [-0.2, 0) is 22.4 Å². The maximum atomic E-state index is 11.7. The number of carbonyl (C=O) groups excluding carboxylic acids is 2. The summed E-state index contributed by atoms with van der Waals surface area (Å²) in [6.45, 7) is 0. The molecule has 0 heterocycles. The molecule has 0 aliphatic carbocycles. The van der Waals surface area contributed by atoms with Crippen molar-refractivity contribution in [3.8, 4) is 11.1 Å². The first-order valence-corrected chi connectivity index (χ1v) is 7.23. The van der Waals surface area contributed by atoms with Crippen molar-refractivity contribution in [2.45, 2.75) is 12.8 Å². The lowest BCUT2D eigenvalue weighted by Gasteiger charge is -2.13. The van der Waals surface area contributed by atoms with Crippen molar-refractivity contribution >= 4 is 11.8 Å². The van der Waals surface area contributed by atoms with Crippen molar-refractivity contribution in [1.82, 2.24) is 10.6 Å². The molecule has 0 atom stereocenters. The molecule has 2 aromatic rings. The third kappa shape index (κ3) is 3.73. The number of benzene rings is 2. The van der Waals surface area contributed by atoms with Crippen LogP contribution >= 0.6 is 0 Å². The summed E-state index contributed by atoms with van der Waals surface area (Å²) in [5.41, 5.74) is 3.88. The third-order valence-electron chi connectivity index (χ3n) is 3.58. The molecule has 0 aromatic heterocycles. The van der Waals surface area contributed by atoms with Gasteiger partial charge in [0, 0.05) is 14.1 Å². The summed E-state index contributed by atoms with van der Waals surface area (Å²) in [7, 11) is 3.26. The van der Waals surface area contributed by atoms with Crippen molar-refractivity contribution < 1.29 is 9.59 Å². The number of hydrogen-bond acceptors (Lipinski definition) is 2. The van der Waals surface area contributed by atoms with Crippen LogP contribution in [0.1, 0.15) is 11.1 Å². The number of likely N-dealkylation sites (N-methyl/N-ethyl adjacent to an activating group) is 2. The lowest BCUT2D eigenvalue weighted by atomic mass is 9.92. The fraction of sp³-hybridized carbons (Fsp3) is 0.222. The van der Waals surface area contributed by atoms with Gasteiger partial charge >= 0.3 is 0 Å². The van der Waals surface area contributed by atoms with E-state index in [4.69, 9.17) is 0 Å². The summed E-state index contributed by atoms with van der Waals surface area (Å²) < 4.78 is 0. The Bertz CT molecular complexity index is 621. The fourth-order valence-electron chi connectivity index (χ4n) is 2.40. The van der Waals surface area contributed by atoms with Crippen LogP contribution in [-0.4, -0.2) is 25.9 Å². The standard InChI is InChI=1S/C18H20N2O2/c1-19-17(21)11-13-7-3-5-9-15(13)16-10-6-4-8-14(16)12-18(22)20-2/h3-10H,11-12H2,1-2H3,(H,19,21)(H,20,22). The summed E-state index contributed by atoms with van der Waals surface area (Å²) >= 11 is 0. The Labute approximate surface area is 130 Å². The fourth-order valence-corrected chi connectivity index (χ4v) is 2.40. The summed E-state index contributed by atoms with van der Waals surface area (Å²) in [5, 5.41) is 5.29. The molecule has 0 aliphatic heterocycles. The van der Waals surface area contributed by atoms with E-state index in [9.17, 15) is 9.59 Å². The molecule has 114 valence electrons. The molecule has 0 fully saturated rings. The van der Waals surface area contributed by atoms with E-state index in [0.717, 1.165) is 22.3 Å². The third-order valence-corrected chi connectivity index (χ3v) is 3.58. The van der Waals surface area contributed by atoms with Crippen LogP contribution < -0.4 is 10.6 Å². The summed E-state index contributed by atoms with van der Waals surface area (Å²) in [6, 6.07) is 15.6. The molecule has 0 saturated carbocycles. The average Bonchev–Trinajstić information content (AvgIpc) is 2.55. The molecule has 2 aromatic carbocycles. The van der Waals surface area contributed by atoms with Gasteiger partial charge in [-0.1, -0.05) is 48.5 Å². The smallest absolute Gasteiger partial charge is 0.224 e. The highest BCUT2D eigenvalue weighted by Gasteiger charge is 2.12. The maximum absolute atomic E-state index is 11.7. The zero-order valence-electron chi connectivity index (χ0n) is 12.8. The highest BCUT2D eigenvalue weighted by Crippen LogP contribution is 2.28. The van der Waals surface area contributed by atoms with Crippen LogP contribution in [0.5, 0.6) is 0 Å². The molecule has 0 aliphatic rings. The SMILES string of the molecule is CNC(=O)Cc1ccccc1-c1ccccc1CC(=O)NC. The van der Waals surface area contributed by atoms with Gasteiger partial charge in [0.1, 0.15) is 0 Å². The maximum Gasteiger partial charge on any atom is 0.224 e. The Balaban J connectivity index is 2.44. The van der Waals surface area contributed by atoms with Gasteiger partial charge in [0.2, 0.25) is 11.8 Å². The second-order valence-corrected chi connectivity index (χ2v) is 5.01. The first kappa shape index (κ1) is 15.8. The molecule has 0 bridgehead atoms. The van der Waals surface area contributed by atoms with Gasteiger partial charge in [-0.05, 0) is 22.3 Å². The second kappa shape index (κ2) is 7.41. The van der Waals surface area contributed by atoms with Gasteiger partial charge in [-0.15, -0.1) is 0 Å². The van der Waals surface area contributed by atoms with E-state index in [1.165, 1.54) is 0 Å². The van der Waals surface area contributed by atoms with E-state index in [0.29, 0.717) is 12.8 Å². The van der Waals surface area contributed by atoms with Gasteiger partial charge in [-0.3, -0.25) is 9.59 Å². The van der Waals surface area contributed by atoms with E-state index < -0.39 is 0 Å². The van der Waals surface area contributed by atoms with Crippen LogP contribution in [0.25, 0.3) is 11.1 Å². The van der Waals surface area contributed by atoms with E-state index in [1.807, 2.05) is 48.5 Å². The molecule has 0 spiro atoms. The van der Waals surface area contributed by atoms with E-state index >= 15 is 0 Å². The number of amides is 2. The Hall–Kier alpha value is -2.62. The molecule has 4 nitrogen and oxygen atoms in total. The van der Waals surface area contributed by atoms with Crippen LogP contribution in [0.3, 0.4) is 0 Å². The largest absolute Gasteiger partial charge is 0.359 e. The van der Waals surface area contributed by atoms with Crippen molar-refractivity contribution in [2.24, 2.45) is 0 Å². The normalized spacial score (nSPS) is 10.1. The Morgan fingerprint density at radius 2 is 1.09 bits per heavy atom. The van der Waals surface area contributed by atoms with Gasteiger partial charge in [0.25, 0.3) is 0 Å². The predicted molar refractivity (Wildman–Crippen MR) is 87.4 cm³/mol. The van der Waals surface area contributed by atoms with Gasteiger partial charge < -0.3 is 10.6 Å². The van der Waals surface area contributed by atoms with Crippen LogP contribution in [0, 0.1) is 0 Å². The Morgan fingerprint density at radius 1 is 0.727 bits per heavy atom. The van der Waals surface area contributed by atoms with Crippen molar-refractivity contribution in [3.05, 3.63) is 59.7 Å². The molecule has 22 heavy (non-hydrogen) atoms. The zero-order valence-corrected chi connectivity index (χ0v) is 12.8. The summed E-state index contributed by atoms with van der Waals surface area (Å²) in [5.74, 6) is -0.0625. The molecule has 0 saturated heterocycles. The van der Waals surface area contributed by atoms with Crippen molar-refractivity contribution in [1.29, 1.82) is 0 Å². The number of hydrogen-bond donors (Lipinski definition) is 2. The monoisotopic (exact) mass is 296 g/mol.